The van der Waals surface area contributed by atoms with E-state index in [1.807, 2.05) is 0 Å². The van der Waals surface area contributed by atoms with Crippen molar-refractivity contribution in [3.05, 3.63) is 41.5 Å². The van der Waals surface area contributed by atoms with Crippen molar-refractivity contribution in [2.24, 2.45) is 0 Å². The Bertz CT molecular complexity index is 530. The molecule has 0 spiro atoms. The van der Waals surface area contributed by atoms with Crippen molar-refractivity contribution in [3.63, 3.8) is 0 Å². The van der Waals surface area contributed by atoms with E-state index in [2.05, 4.69) is 9.47 Å². The van der Waals surface area contributed by atoms with Crippen LogP contribution in [0.25, 0.3) is 5.57 Å². The lowest BCUT2D eigenvalue weighted by atomic mass is 10.0. The third-order valence-corrected chi connectivity index (χ3v) is 2.39. The number of halogens is 3. The molecule has 0 radical (unpaired) electrons. The van der Waals surface area contributed by atoms with Crippen LogP contribution in [-0.2, 0) is 25.2 Å². The molecule has 0 saturated carbocycles. The summed E-state index contributed by atoms with van der Waals surface area (Å²) in [5.74, 6) is -1.67. The molecule has 0 heterocycles. The summed E-state index contributed by atoms with van der Waals surface area (Å²) in [5, 5.41) is 0. The second-order valence-electron chi connectivity index (χ2n) is 3.65. The molecule has 0 aliphatic heterocycles. The summed E-state index contributed by atoms with van der Waals surface area (Å²) < 4.78 is 46.1. The Morgan fingerprint density at radius 2 is 1.60 bits per heavy atom. The molecule has 7 heteroatoms. The first-order valence-electron chi connectivity index (χ1n) is 5.35. The minimum absolute atomic E-state index is 0.121. The van der Waals surface area contributed by atoms with Gasteiger partial charge in [-0.1, -0.05) is 12.1 Å². The first-order valence-corrected chi connectivity index (χ1v) is 5.35. The third-order valence-electron chi connectivity index (χ3n) is 2.39. The Kier molecular flexibility index (Phi) is 4.90. The summed E-state index contributed by atoms with van der Waals surface area (Å²) >= 11 is 0. The number of carbonyl (C=O) groups is 2. The van der Waals surface area contributed by atoms with Crippen LogP contribution in [0.2, 0.25) is 0 Å². The van der Waals surface area contributed by atoms with Gasteiger partial charge in [-0.15, -0.1) is 0 Å². The van der Waals surface area contributed by atoms with Crippen molar-refractivity contribution < 1.29 is 32.2 Å². The van der Waals surface area contributed by atoms with Gasteiger partial charge in [0.2, 0.25) is 0 Å². The Balaban J connectivity index is 3.19. The highest BCUT2D eigenvalue weighted by atomic mass is 19.4. The van der Waals surface area contributed by atoms with Gasteiger partial charge >= 0.3 is 18.1 Å². The summed E-state index contributed by atoms with van der Waals surface area (Å²) in [4.78, 5) is 22.7. The fourth-order valence-electron chi connectivity index (χ4n) is 1.39. The van der Waals surface area contributed by atoms with Crippen LogP contribution in [0.3, 0.4) is 0 Å². The number of hydrogen-bond acceptors (Lipinski definition) is 4. The predicted octanol–water partition coefficient (Wildman–Crippen LogP) is 2.43. The maximum atomic E-state index is 12.4. The lowest BCUT2D eigenvalue weighted by molar-refractivity contribution is -0.137. The smallest absolute Gasteiger partial charge is 0.416 e. The lowest BCUT2D eigenvalue weighted by Gasteiger charge is -2.09. The van der Waals surface area contributed by atoms with Gasteiger partial charge in [-0.25, -0.2) is 9.59 Å². The molecule has 1 rings (SSSR count). The van der Waals surface area contributed by atoms with Crippen molar-refractivity contribution in [2.45, 2.75) is 6.18 Å². The predicted molar refractivity (Wildman–Crippen MR) is 63.5 cm³/mol. The van der Waals surface area contributed by atoms with Crippen molar-refractivity contribution in [2.75, 3.05) is 14.2 Å². The summed E-state index contributed by atoms with van der Waals surface area (Å²) in [5.41, 5.74) is -0.924. The summed E-state index contributed by atoms with van der Waals surface area (Å²) in [6.45, 7) is 0. The van der Waals surface area contributed by atoms with Gasteiger partial charge in [-0.05, 0) is 17.7 Å². The van der Waals surface area contributed by atoms with Crippen molar-refractivity contribution in [1.29, 1.82) is 0 Å². The number of alkyl halides is 3. The highest BCUT2D eigenvalue weighted by Crippen LogP contribution is 2.30. The monoisotopic (exact) mass is 288 g/mol. The molecule has 0 atom stereocenters. The molecule has 0 fully saturated rings. The van der Waals surface area contributed by atoms with Crippen LogP contribution in [0.4, 0.5) is 13.2 Å². The average molecular weight is 288 g/mol. The normalized spacial score (nSPS) is 11.9. The standard InChI is InChI=1S/C13H11F3O4/c1-19-11(17)7-10(12(18)20-2)8-3-5-9(6-4-8)13(14,15)16/h3-7H,1-2H3/b10-7-. The molecular formula is C13H11F3O4. The summed E-state index contributed by atoms with van der Waals surface area (Å²) in [6, 6.07) is 3.77. The Morgan fingerprint density at radius 3 is 2.00 bits per heavy atom. The largest absolute Gasteiger partial charge is 0.466 e. The van der Waals surface area contributed by atoms with E-state index in [0.29, 0.717) is 0 Å². The summed E-state index contributed by atoms with van der Waals surface area (Å²) in [6.07, 6.45) is -3.62. The number of esters is 2. The molecule has 4 nitrogen and oxygen atoms in total. The Labute approximate surface area is 112 Å². The van der Waals surface area contributed by atoms with Gasteiger partial charge in [0, 0.05) is 6.08 Å². The van der Waals surface area contributed by atoms with E-state index < -0.39 is 23.7 Å². The molecule has 0 N–H and O–H groups in total. The zero-order valence-corrected chi connectivity index (χ0v) is 10.7. The second kappa shape index (κ2) is 6.23. The minimum atomic E-state index is -4.48. The Hall–Kier alpha value is -2.31. The van der Waals surface area contributed by atoms with E-state index in [1.165, 1.54) is 0 Å². The number of carbonyl (C=O) groups excluding carboxylic acids is 2. The van der Waals surface area contributed by atoms with E-state index in [4.69, 9.17) is 0 Å². The van der Waals surface area contributed by atoms with E-state index in [-0.39, 0.29) is 11.1 Å². The maximum Gasteiger partial charge on any atom is 0.416 e. The number of benzene rings is 1. The van der Waals surface area contributed by atoms with Crippen LogP contribution < -0.4 is 0 Å². The number of rotatable bonds is 3. The SMILES string of the molecule is COC(=O)/C=C(\C(=O)OC)c1ccc(C(F)(F)F)cc1. The maximum absolute atomic E-state index is 12.4. The van der Waals surface area contributed by atoms with Crippen molar-refractivity contribution >= 4 is 17.5 Å². The first-order chi connectivity index (χ1) is 9.29. The van der Waals surface area contributed by atoms with Crippen molar-refractivity contribution in [3.8, 4) is 0 Å². The second-order valence-corrected chi connectivity index (χ2v) is 3.65. The van der Waals surface area contributed by atoms with Crippen LogP contribution in [0, 0.1) is 0 Å². The van der Waals surface area contributed by atoms with Crippen LogP contribution in [0.15, 0.2) is 30.3 Å². The number of methoxy groups -OCH3 is 2. The van der Waals surface area contributed by atoms with Crippen LogP contribution in [-0.4, -0.2) is 26.2 Å². The molecule has 0 bridgehead atoms. The zero-order valence-electron chi connectivity index (χ0n) is 10.7. The molecule has 20 heavy (non-hydrogen) atoms. The molecule has 1 aromatic carbocycles. The van der Waals surface area contributed by atoms with Crippen LogP contribution in [0.5, 0.6) is 0 Å². The molecule has 0 unspecified atom stereocenters. The molecule has 0 aliphatic rings. The van der Waals surface area contributed by atoms with E-state index >= 15 is 0 Å². The van der Waals surface area contributed by atoms with Crippen molar-refractivity contribution in [1.82, 2.24) is 0 Å². The zero-order chi connectivity index (χ0) is 15.3. The van der Waals surface area contributed by atoms with E-state index in [1.54, 1.807) is 0 Å². The highest BCUT2D eigenvalue weighted by Gasteiger charge is 2.30. The van der Waals surface area contributed by atoms with Gasteiger partial charge in [0.25, 0.3) is 0 Å². The van der Waals surface area contributed by atoms with Gasteiger partial charge in [-0.3, -0.25) is 0 Å². The van der Waals surface area contributed by atoms with Gasteiger partial charge in [-0.2, -0.15) is 13.2 Å². The Morgan fingerprint density at radius 1 is 1.05 bits per heavy atom. The quantitative estimate of drug-likeness (QED) is 0.633. The average Bonchev–Trinajstić information content (AvgIpc) is 2.42. The molecule has 1 aromatic rings. The van der Waals surface area contributed by atoms with Gasteiger partial charge in [0.1, 0.15) is 0 Å². The molecule has 0 aliphatic carbocycles. The van der Waals surface area contributed by atoms with E-state index in [9.17, 15) is 22.8 Å². The summed E-state index contributed by atoms with van der Waals surface area (Å²) in [7, 11) is 2.21. The number of ether oxygens (including phenoxy) is 2. The van der Waals surface area contributed by atoms with Gasteiger partial charge in [0.15, 0.2) is 0 Å². The molecule has 0 aromatic heterocycles. The van der Waals surface area contributed by atoms with Gasteiger partial charge in [0.05, 0.1) is 25.4 Å². The topological polar surface area (TPSA) is 52.6 Å². The fourth-order valence-corrected chi connectivity index (χ4v) is 1.39. The lowest BCUT2D eigenvalue weighted by Crippen LogP contribution is -2.09. The molecular weight excluding hydrogens is 277 g/mol. The highest BCUT2D eigenvalue weighted by molar-refractivity contribution is 6.20. The minimum Gasteiger partial charge on any atom is -0.466 e. The fraction of sp³-hybridized carbons (Fsp3) is 0.231. The third kappa shape index (κ3) is 3.84. The number of hydrogen-bond donors (Lipinski definition) is 0. The molecule has 0 saturated heterocycles. The first kappa shape index (κ1) is 15.7. The van der Waals surface area contributed by atoms with Gasteiger partial charge < -0.3 is 9.47 Å². The molecule has 0 amide bonds. The van der Waals surface area contributed by atoms with Crippen LogP contribution >= 0.6 is 0 Å². The van der Waals surface area contributed by atoms with Crippen LogP contribution in [0.1, 0.15) is 11.1 Å². The molecule has 108 valence electrons. The van der Waals surface area contributed by atoms with E-state index in [0.717, 1.165) is 44.6 Å².